The van der Waals surface area contributed by atoms with Crippen molar-refractivity contribution in [1.82, 2.24) is 19.7 Å². The number of aromatic nitrogens is 3. The quantitative estimate of drug-likeness (QED) is 0.879. The molecular formula is C17H24FN7. The number of piperidine rings is 1. The molecule has 2 aliphatic heterocycles. The van der Waals surface area contributed by atoms with Gasteiger partial charge in [0.2, 0.25) is 11.9 Å². The third kappa shape index (κ3) is 3.13. The van der Waals surface area contributed by atoms with Crippen LogP contribution < -0.4 is 16.4 Å². The van der Waals surface area contributed by atoms with Gasteiger partial charge in [-0.05, 0) is 50.9 Å². The van der Waals surface area contributed by atoms with Crippen LogP contribution in [-0.2, 0) is 0 Å². The molecule has 0 bridgehead atoms. The monoisotopic (exact) mass is 345 g/mol. The average molecular weight is 345 g/mol. The van der Waals surface area contributed by atoms with Crippen LogP contribution in [-0.4, -0.2) is 51.9 Å². The number of nitrogens with zero attached hydrogens (tertiary/aromatic N) is 5. The molecule has 0 unspecified atom stereocenters. The number of rotatable bonds is 3. The molecule has 1 aromatic carbocycles. The molecule has 4 N–H and O–H groups in total. The van der Waals surface area contributed by atoms with E-state index in [1.807, 2.05) is 0 Å². The Balaban J connectivity index is 1.47. The lowest BCUT2D eigenvalue weighted by molar-refractivity contribution is 0.207. The predicted molar refractivity (Wildman–Crippen MR) is 96.2 cm³/mol. The maximum Gasteiger partial charge on any atom is 0.241 e. The van der Waals surface area contributed by atoms with Gasteiger partial charge in [0, 0.05) is 25.2 Å². The number of anilines is 3. The molecule has 2 aromatic rings. The van der Waals surface area contributed by atoms with Crippen LogP contribution in [0.5, 0.6) is 0 Å². The summed E-state index contributed by atoms with van der Waals surface area (Å²) in [6.07, 6.45) is 4.81. The van der Waals surface area contributed by atoms with Gasteiger partial charge in [0.05, 0.1) is 11.4 Å². The lowest BCUT2D eigenvalue weighted by Gasteiger charge is -2.37. The molecule has 4 rings (SSSR count). The molecule has 2 saturated heterocycles. The van der Waals surface area contributed by atoms with Gasteiger partial charge in [0.25, 0.3) is 0 Å². The second-order valence-electron chi connectivity index (χ2n) is 6.84. The highest BCUT2D eigenvalue weighted by Gasteiger charge is 2.27. The average Bonchev–Trinajstić information content (AvgIpc) is 3.25. The van der Waals surface area contributed by atoms with Crippen molar-refractivity contribution in [2.24, 2.45) is 0 Å². The smallest absolute Gasteiger partial charge is 0.241 e. The fraction of sp³-hybridized carbons (Fsp3) is 0.529. The number of likely N-dealkylation sites (tertiary alicyclic amines) is 1. The number of halogens is 1. The number of benzene rings is 1. The number of hydrogen-bond donors (Lipinski definition) is 2. The van der Waals surface area contributed by atoms with E-state index < -0.39 is 0 Å². The Bertz CT molecular complexity index is 745. The first-order valence-corrected chi connectivity index (χ1v) is 8.89. The Morgan fingerprint density at radius 3 is 2.36 bits per heavy atom. The molecule has 7 nitrogen and oxygen atoms in total. The SMILES string of the molecule is Nc1nc(N)n(-c2ccc(N3CCC(N4CCCC4)CC3)c(F)c2)n1. The van der Waals surface area contributed by atoms with Crippen LogP contribution in [0, 0.1) is 5.82 Å². The van der Waals surface area contributed by atoms with E-state index in [9.17, 15) is 4.39 Å². The topological polar surface area (TPSA) is 89.2 Å². The summed E-state index contributed by atoms with van der Waals surface area (Å²) in [6, 6.07) is 5.68. The van der Waals surface area contributed by atoms with E-state index in [1.165, 1.54) is 36.7 Å². The molecule has 0 atom stereocenters. The molecule has 8 heteroatoms. The zero-order valence-electron chi connectivity index (χ0n) is 14.2. The molecule has 2 aliphatic rings. The van der Waals surface area contributed by atoms with Gasteiger partial charge in [-0.1, -0.05) is 0 Å². The largest absolute Gasteiger partial charge is 0.369 e. The zero-order valence-corrected chi connectivity index (χ0v) is 14.2. The van der Waals surface area contributed by atoms with Crippen molar-refractivity contribution in [3.8, 4) is 5.69 Å². The first-order valence-electron chi connectivity index (χ1n) is 8.89. The molecule has 0 amide bonds. The minimum Gasteiger partial charge on any atom is -0.369 e. The van der Waals surface area contributed by atoms with Crippen LogP contribution in [0.1, 0.15) is 25.7 Å². The van der Waals surface area contributed by atoms with E-state index in [1.54, 1.807) is 12.1 Å². The molecule has 0 radical (unpaired) electrons. The maximum absolute atomic E-state index is 14.7. The van der Waals surface area contributed by atoms with Crippen molar-refractivity contribution in [2.45, 2.75) is 31.7 Å². The van der Waals surface area contributed by atoms with E-state index in [-0.39, 0.29) is 17.7 Å². The third-order valence-corrected chi connectivity index (χ3v) is 5.29. The van der Waals surface area contributed by atoms with Gasteiger partial charge in [-0.2, -0.15) is 9.67 Å². The second kappa shape index (κ2) is 6.51. The van der Waals surface area contributed by atoms with Crippen LogP contribution in [0.2, 0.25) is 0 Å². The molecule has 25 heavy (non-hydrogen) atoms. The Labute approximate surface area is 146 Å². The zero-order chi connectivity index (χ0) is 17.4. The Hall–Kier alpha value is -2.35. The van der Waals surface area contributed by atoms with Gasteiger partial charge in [-0.3, -0.25) is 0 Å². The van der Waals surface area contributed by atoms with Crippen molar-refractivity contribution in [3.63, 3.8) is 0 Å². The van der Waals surface area contributed by atoms with E-state index in [0.29, 0.717) is 17.4 Å². The van der Waals surface area contributed by atoms with E-state index in [0.717, 1.165) is 25.9 Å². The summed E-state index contributed by atoms with van der Waals surface area (Å²) in [4.78, 5) is 8.57. The minimum atomic E-state index is -0.273. The van der Waals surface area contributed by atoms with E-state index >= 15 is 0 Å². The van der Waals surface area contributed by atoms with Crippen molar-refractivity contribution < 1.29 is 4.39 Å². The first kappa shape index (κ1) is 16.1. The minimum absolute atomic E-state index is 0.0750. The van der Waals surface area contributed by atoms with Crippen molar-refractivity contribution >= 4 is 17.6 Å². The highest BCUT2D eigenvalue weighted by Crippen LogP contribution is 2.28. The summed E-state index contributed by atoms with van der Waals surface area (Å²) < 4.78 is 16.0. The van der Waals surface area contributed by atoms with Gasteiger partial charge < -0.3 is 21.3 Å². The summed E-state index contributed by atoms with van der Waals surface area (Å²) in [6.45, 7) is 4.21. The number of nitrogen functional groups attached to an aromatic ring is 2. The predicted octanol–water partition coefficient (Wildman–Crippen LogP) is 1.64. The molecule has 2 fully saturated rings. The Morgan fingerprint density at radius 1 is 1.04 bits per heavy atom. The van der Waals surface area contributed by atoms with E-state index in [2.05, 4.69) is 19.9 Å². The lowest BCUT2D eigenvalue weighted by Crippen LogP contribution is -2.44. The van der Waals surface area contributed by atoms with Crippen molar-refractivity contribution in [3.05, 3.63) is 24.0 Å². The maximum atomic E-state index is 14.7. The van der Waals surface area contributed by atoms with Crippen LogP contribution in [0.15, 0.2) is 18.2 Å². The summed E-state index contributed by atoms with van der Waals surface area (Å²) in [5.41, 5.74) is 12.4. The lowest BCUT2D eigenvalue weighted by atomic mass is 10.0. The second-order valence-corrected chi connectivity index (χ2v) is 6.84. The standard InChI is InChI=1S/C17H24FN7/c18-14-11-13(25-17(20)21-16(19)22-25)3-4-15(14)24-9-5-12(6-10-24)23-7-1-2-8-23/h3-4,11-12H,1-2,5-10H2,(H4,19,20,21,22). The van der Waals surface area contributed by atoms with Gasteiger partial charge >= 0.3 is 0 Å². The van der Waals surface area contributed by atoms with Crippen molar-refractivity contribution in [1.29, 1.82) is 0 Å². The Morgan fingerprint density at radius 2 is 1.76 bits per heavy atom. The number of nitrogens with two attached hydrogens (primary N) is 2. The van der Waals surface area contributed by atoms with Crippen LogP contribution in [0.4, 0.5) is 22.0 Å². The van der Waals surface area contributed by atoms with Crippen molar-refractivity contribution in [2.75, 3.05) is 42.5 Å². The highest BCUT2D eigenvalue weighted by molar-refractivity contribution is 5.54. The molecule has 0 saturated carbocycles. The molecular weight excluding hydrogens is 321 g/mol. The molecule has 1 aromatic heterocycles. The fourth-order valence-corrected chi connectivity index (χ4v) is 3.99. The van der Waals surface area contributed by atoms with Gasteiger partial charge in [0.1, 0.15) is 5.82 Å². The Kier molecular flexibility index (Phi) is 4.20. The van der Waals surface area contributed by atoms with Crippen LogP contribution >= 0.6 is 0 Å². The third-order valence-electron chi connectivity index (χ3n) is 5.29. The van der Waals surface area contributed by atoms with Gasteiger partial charge in [-0.15, -0.1) is 5.10 Å². The number of hydrogen-bond acceptors (Lipinski definition) is 6. The van der Waals surface area contributed by atoms with Crippen LogP contribution in [0.3, 0.4) is 0 Å². The normalized spacial score (nSPS) is 19.6. The summed E-state index contributed by atoms with van der Waals surface area (Å²) >= 11 is 0. The fourth-order valence-electron chi connectivity index (χ4n) is 3.99. The summed E-state index contributed by atoms with van der Waals surface area (Å²) in [5, 5.41) is 3.99. The molecule has 3 heterocycles. The first-order chi connectivity index (χ1) is 12.1. The summed E-state index contributed by atoms with van der Waals surface area (Å²) in [7, 11) is 0. The molecule has 134 valence electrons. The molecule has 0 spiro atoms. The van der Waals surface area contributed by atoms with Crippen LogP contribution in [0.25, 0.3) is 5.69 Å². The molecule has 0 aliphatic carbocycles. The highest BCUT2D eigenvalue weighted by atomic mass is 19.1. The summed E-state index contributed by atoms with van der Waals surface area (Å²) in [5.74, 6) is -0.0485. The van der Waals surface area contributed by atoms with E-state index in [4.69, 9.17) is 11.5 Å². The van der Waals surface area contributed by atoms with Gasteiger partial charge in [0.15, 0.2) is 0 Å². The van der Waals surface area contributed by atoms with Gasteiger partial charge in [-0.25, -0.2) is 4.39 Å².